The van der Waals surface area contributed by atoms with Crippen molar-refractivity contribution in [3.8, 4) is 10.6 Å². The van der Waals surface area contributed by atoms with E-state index >= 15 is 0 Å². The van der Waals surface area contributed by atoms with Gasteiger partial charge in [-0.3, -0.25) is 4.79 Å². The number of hydrogen-bond donors (Lipinski definition) is 1. The van der Waals surface area contributed by atoms with Gasteiger partial charge in [-0.2, -0.15) is 0 Å². The summed E-state index contributed by atoms with van der Waals surface area (Å²) < 4.78 is 0. The van der Waals surface area contributed by atoms with E-state index in [1.807, 2.05) is 36.6 Å². The number of nitrogens with zero attached hydrogens (tertiary/aromatic N) is 2. The SMILES string of the molecule is CC1=NOC(C)(C(=O)Nc2ccc(-c3nccs3)cc2)C1. The Kier molecular flexibility index (Phi) is 3.47. The van der Waals surface area contributed by atoms with Crippen molar-refractivity contribution >= 4 is 28.6 Å². The fourth-order valence-electron chi connectivity index (χ4n) is 2.18. The number of hydrogen-bond acceptors (Lipinski definition) is 5. The average molecular weight is 301 g/mol. The largest absolute Gasteiger partial charge is 0.379 e. The smallest absolute Gasteiger partial charge is 0.271 e. The zero-order valence-corrected chi connectivity index (χ0v) is 12.6. The van der Waals surface area contributed by atoms with Crippen LogP contribution < -0.4 is 5.32 Å². The van der Waals surface area contributed by atoms with E-state index in [0.29, 0.717) is 6.42 Å². The van der Waals surface area contributed by atoms with Crippen LogP contribution in [0.4, 0.5) is 5.69 Å². The molecule has 0 bridgehead atoms. The Labute approximate surface area is 126 Å². The van der Waals surface area contributed by atoms with E-state index in [-0.39, 0.29) is 5.91 Å². The van der Waals surface area contributed by atoms with Crippen LogP contribution in [0.25, 0.3) is 10.6 Å². The Morgan fingerprint density at radius 1 is 1.38 bits per heavy atom. The van der Waals surface area contributed by atoms with Crippen LogP contribution in [0.5, 0.6) is 0 Å². The molecule has 5 nitrogen and oxygen atoms in total. The molecule has 1 atom stereocenters. The number of anilines is 1. The first-order valence-corrected chi connectivity index (χ1v) is 7.48. The van der Waals surface area contributed by atoms with Gasteiger partial charge in [0.15, 0.2) is 0 Å². The lowest BCUT2D eigenvalue weighted by Gasteiger charge is -2.20. The quantitative estimate of drug-likeness (QED) is 0.946. The molecule has 6 heteroatoms. The van der Waals surface area contributed by atoms with Crippen molar-refractivity contribution < 1.29 is 9.63 Å². The van der Waals surface area contributed by atoms with Crippen molar-refractivity contribution in [2.45, 2.75) is 25.9 Å². The number of amides is 1. The molecule has 1 amide bonds. The van der Waals surface area contributed by atoms with Crippen molar-refractivity contribution in [3.63, 3.8) is 0 Å². The van der Waals surface area contributed by atoms with Gasteiger partial charge in [-0.25, -0.2) is 4.98 Å². The van der Waals surface area contributed by atoms with E-state index < -0.39 is 5.60 Å². The number of oxime groups is 1. The number of benzene rings is 1. The molecule has 0 saturated heterocycles. The van der Waals surface area contributed by atoms with Gasteiger partial charge >= 0.3 is 0 Å². The highest BCUT2D eigenvalue weighted by Gasteiger charge is 2.40. The third kappa shape index (κ3) is 2.80. The van der Waals surface area contributed by atoms with Crippen LogP contribution in [0.15, 0.2) is 41.0 Å². The summed E-state index contributed by atoms with van der Waals surface area (Å²) in [5, 5.41) is 9.61. The number of thiazole rings is 1. The molecule has 1 aliphatic rings. The molecule has 0 saturated carbocycles. The molecule has 3 rings (SSSR count). The Morgan fingerprint density at radius 2 is 2.14 bits per heavy atom. The molecular formula is C15H15N3O2S. The van der Waals surface area contributed by atoms with Crippen LogP contribution in [-0.2, 0) is 9.63 Å². The highest BCUT2D eigenvalue weighted by atomic mass is 32.1. The maximum absolute atomic E-state index is 12.3. The summed E-state index contributed by atoms with van der Waals surface area (Å²) in [6.07, 6.45) is 2.28. The first-order chi connectivity index (χ1) is 10.1. The topological polar surface area (TPSA) is 63.6 Å². The van der Waals surface area contributed by atoms with E-state index in [2.05, 4.69) is 15.5 Å². The fraction of sp³-hybridized carbons (Fsp3) is 0.267. The van der Waals surface area contributed by atoms with Gasteiger partial charge in [-0.1, -0.05) is 5.16 Å². The van der Waals surface area contributed by atoms with Gasteiger partial charge < -0.3 is 10.2 Å². The molecule has 2 heterocycles. The maximum atomic E-state index is 12.3. The number of carbonyl (C=O) groups is 1. The van der Waals surface area contributed by atoms with Crippen LogP contribution in [0.2, 0.25) is 0 Å². The second-order valence-electron chi connectivity index (χ2n) is 5.19. The molecule has 0 radical (unpaired) electrons. The minimum Gasteiger partial charge on any atom is -0.379 e. The average Bonchev–Trinajstić information content (AvgIpc) is 3.10. The summed E-state index contributed by atoms with van der Waals surface area (Å²) in [5.41, 5.74) is 1.67. The first kappa shape index (κ1) is 13.8. The van der Waals surface area contributed by atoms with E-state index in [9.17, 15) is 4.79 Å². The van der Waals surface area contributed by atoms with Gasteiger partial charge in [0, 0.05) is 29.2 Å². The number of aromatic nitrogens is 1. The third-order valence-corrected chi connectivity index (χ3v) is 4.12. The Morgan fingerprint density at radius 3 is 2.71 bits per heavy atom. The van der Waals surface area contributed by atoms with Crippen molar-refractivity contribution in [3.05, 3.63) is 35.8 Å². The summed E-state index contributed by atoms with van der Waals surface area (Å²) in [6, 6.07) is 7.60. The van der Waals surface area contributed by atoms with Crippen LogP contribution in [0.3, 0.4) is 0 Å². The Bertz CT molecular complexity index is 679. The highest BCUT2D eigenvalue weighted by molar-refractivity contribution is 7.13. The maximum Gasteiger partial charge on any atom is 0.271 e. The highest BCUT2D eigenvalue weighted by Crippen LogP contribution is 2.27. The van der Waals surface area contributed by atoms with E-state index in [1.54, 1.807) is 24.5 Å². The molecule has 1 N–H and O–H groups in total. The van der Waals surface area contributed by atoms with Crippen molar-refractivity contribution in [1.82, 2.24) is 4.98 Å². The van der Waals surface area contributed by atoms with Gasteiger partial charge in [-0.05, 0) is 38.1 Å². The lowest BCUT2D eigenvalue weighted by Crippen LogP contribution is -2.40. The Balaban J connectivity index is 1.70. The van der Waals surface area contributed by atoms with E-state index in [1.165, 1.54) is 0 Å². The monoisotopic (exact) mass is 301 g/mol. The molecule has 1 aromatic carbocycles. The zero-order chi connectivity index (χ0) is 14.9. The van der Waals surface area contributed by atoms with Crippen LogP contribution in [0, 0.1) is 0 Å². The normalized spacial score (nSPS) is 20.8. The molecule has 1 aromatic heterocycles. The van der Waals surface area contributed by atoms with Gasteiger partial charge in [0.2, 0.25) is 5.60 Å². The van der Waals surface area contributed by atoms with Crippen molar-refractivity contribution in [1.29, 1.82) is 0 Å². The van der Waals surface area contributed by atoms with E-state index in [4.69, 9.17) is 4.84 Å². The summed E-state index contributed by atoms with van der Waals surface area (Å²) in [6.45, 7) is 3.59. The van der Waals surface area contributed by atoms with Crippen LogP contribution in [-0.4, -0.2) is 22.2 Å². The minimum atomic E-state index is -0.919. The van der Waals surface area contributed by atoms with Gasteiger partial charge in [-0.15, -0.1) is 11.3 Å². The fourth-order valence-corrected chi connectivity index (χ4v) is 2.82. The number of rotatable bonds is 3. The molecule has 0 fully saturated rings. The van der Waals surface area contributed by atoms with Crippen LogP contribution in [0.1, 0.15) is 20.3 Å². The first-order valence-electron chi connectivity index (χ1n) is 6.60. The molecule has 1 aliphatic heterocycles. The van der Waals surface area contributed by atoms with Crippen molar-refractivity contribution in [2.24, 2.45) is 5.16 Å². The molecule has 0 spiro atoms. The summed E-state index contributed by atoms with van der Waals surface area (Å²) in [7, 11) is 0. The number of nitrogens with one attached hydrogen (secondary N) is 1. The minimum absolute atomic E-state index is 0.190. The molecule has 21 heavy (non-hydrogen) atoms. The van der Waals surface area contributed by atoms with Gasteiger partial charge in [0.25, 0.3) is 5.91 Å². The summed E-state index contributed by atoms with van der Waals surface area (Å²) in [5.74, 6) is -0.190. The second kappa shape index (κ2) is 5.29. The molecule has 1 unspecified atom stereocenters. The lowest BCUT2D eigenvalue weighted by molar-refractivity contribution is -0.135. The Hall–Kier alpha value is -2.21. The van der Waals surface area contributed by atoms with Crippen LogP contribution >= 0.6 is 11.3 Å². The predicted molar refractivity (Wildman–Crippen MR) is 83.4 cm³/mol. The van der Waals surface area contributed by atoms with E-state index in [0.717, 1.165) is 22.0 Å². The summed E-state index contributed by atoms with van der Waals surface area (Å²) >= 11 is 1.58. The molecule has 108 valence electrons. The summed E-state index contributed by atoms with van der Waals surface area (Å²) in [4.78, 5) is 21.8. The number of carbonyl (C=O) groups excluding carboxylic acids is 1. The van der Waals surface area contributed by atoms with Crippen molar-refractivity contribution in [2.75, 3.05) is 5.32 Å². The second-order valence-corrected chi connectivity index (χ2v) is 6.09. The standard InChI is InChI=1S/C15H15N3O2S/c1-10-9-15(2,20-18-10)14(19)17-12-5-3-11(4-6-12)13-16-7-8-21-13/h3-8H,9H2,1-2H3,(H,17,19). The predicted octanol–water partition coefficient (Wildman–Crippen LogP) is 3.30. The van der Waals surface area contributed by atoms with Gasteiger partial charge in [0.1, 0.15) is 5.01 Å². The van der Waals surface area contributed by atoms with Gasteiger partial charge in [0.05, 0.1) is 5.71 Å². The molecule has 0 aliphatic carbocycles. The third-order valence-electron chi connectivity index (χ3n) is 3.30. The lowest BCUT2D eigenvalue weighted by atomic mass is 9.99. The molecular weight excluding hydrogens is 286 g/mol. The molecule has 2 aromatic rings. The zero-order valence-electron chi connectivity index (χ0n) is 11.8.